The Morgan fingerprint density at radius 1 is 1.57 bits per heavy atom. The summed E-state index contributed by atoms with van der Waals surface area (Å²) in [6, 6.07) is 5.82. The third kappa shape index (κ3) is 3.79. The standard InChI is InChI=1S/C10H10N8O3/c11-10-14-15-16-17(10)6-9(19)13-12-5-7-2-1-3-8(4-7)18(20)21/h1-5H,6H2,(H,13,19)(H2,11,14,16)/b12-5+. The van der Waals surface area contributed by atoms with Crippen LogP contribution in [0.2, 0.25) is 0 Å². The average Bonchev–Trinajstić information content (AvgIpc) is 2.84. The summed E-state index contributed by atoms with van der Waals surface area (Å²) in [4.78, 5) is 21.6. The van der Waals surface area contributed by atoms with E-state index >= 15 is 0 Å². The summed E-state index contributed by atoms with van der Waals surface area (Å²) >= 11 is 0. The Hall–Kier alpha value is -3.37. The number of hydrogen-bond acceptors (Lipinski definition) is 8. The molecule has 0 saturated heterocycles. The number of tetrazole rings is 1. The van der Waals surface area contributed by atoms with Gasteiger partial charge in [0, 0.05) is 17.7 Å². The molecule has 0 unspecified atom stereocenters. The van der Waals surface area contributed by atoms with Crippen LogP contribution >= 0.6 is 0 Å². The quantitative estimate of drug-likeness (QED) is 0.419. The highest BCUT2D eigenvalue weighted by molar-refractivity contribution is 5.83. The van der Waals surface area contributed by atoms with E-state index in [2.05, 4.69) is 26.1 Å². The number of carbonyl (C=O) groups excluding carboxylic acids is 1. The lowest BCUT2D eigenvalue weighted by Crippen LogP contribution is -2.24. The summed E-state index contributed by atoms with van der Waals surface area (Å²) in [5.41, 5.74) is 8.05. The van der Waals surface area contributed by atoms with Crippen LogP contribution < -0.4 is 11.2 Å². The number of nitrogen functional groups attached to an aromatic ring is 1. The minimum Gasteiger partial charge on any atom is -0.367 e. The van der Waals surface area contributed by atoms with Crippen LogP contribution in [0, 0.1) is 10.1 Å². The molecule has 0 bridgehead atoms. The van der Waals surface area contributed by atoms with Crippen molar-refractivity contribution >= 4 is 23.8 Å². The van der Waals surface area contributed by atoms with Gasteiger partial charge in [-0.25, -0.2) is 10.1 Å². The van der Waals surface area contributed by atoms with Gasteiger partial charge in [-0.1, -0.05) is 17.2 Å². The van der Waals surface area contributed by atoms with E-state index in [0.717, 1.165) is 4.68 Å². The van der Waals surface area contributed by atoms with Crippen molar-refractivity contribution < 1.29 is 9.72 Å². The summed E-state index contributed by atoms with van der Waals surface area (Å²) in [6.45, 7) is -0.189. The summed E-state index contributed by atoms with van der Waals surface area (Å²) in [5, 5.41) is 24.5. The number of nitro groups is 1. The fourth-order valence-corrected chi connectivity index (χ4v) is 1.39. The van der Waals surface area contributed by atoms with Crippen LogP contribution in [-0.2, 0) is 11.3 Å². The Morgan fingerprint density at radius 2 is 2.38 bits per heavy atom. The first-order valence-corrected chi connectivity index (χ1v) is 5.64. The maximum atomic E-state index is 11.5. The number of aromatic nitrogens is 4. The maximum absolute atomic E-state index is 11.5. The molecule has 1 amide bonds. The van der Waals surface area contributed by atoms with Gasteiger partial charge in [0.15, 0.2) is 0 Å². The third-order valence-electron chi connectivity index (χ3n) is 2.34. The Labute approximate surface area is 117 Å². The van der Waals surface area contributed by atoms with E-state index in [4.69, 9.17) is 5.73 Å². The van der Waals surface area contributed by atoms with Gasteiger partial charge in [-0.2, -0.15) is 5.10 Å². The fourth-order valence-electron chi connectivity index (χ4n) is 1.39. The number of nitrogens with one attached hydrogen (secondary N) is 1. The van der Waals surface area contributed by atoms with Gasteiger partial charge in [0.05, 0.1) is 11.1 Å². The number of non-ortho nitro benzene ring substituents is 1. The van der Waals surface area contributed by atoms with E-state index in [9.17, 15) is 14.9 Å². The van der Waals surface area contributed by atoms with Crippen LogP contribution in [0.1, 0.15) is 5.56 Å². The van der Waals surface area contributed by atoms with Crippen molar-refractivity contribution in [2.75, 3.05) is 5.73 Å². The third-order valence-corrected chi connectivity index (χ3v) is 2.34. The Bertz CT molecular complexity index is 695. The molecule has 0 atom stereocenters. The number of hydrogen-bond donors (Lipinski definition) is 2. The minimum absolute atomic E-state index is 0.00723. The molecule has 0 spiro atoms. The number of nitro benzene ring substituents is 1. The van der Waals surface area contributed by atoms with Crippen molar-refractivity contribution in [3.05, 3.63) is 39.9 Å². The zero-order valence-corrected chi connectivity index (χ0v) is 10.6. The minimum atomic E-state index is -0.517. The predicted octanol–water partition coefficient (Wildman–Crippen LogP) is -0.686. The first kappa shape index (κ1) is 14.0. The molecule has 2 aromatic rings. The van der Waals surface area contributed by atoms with E-state index in [-0.39, 0.29) is 18.2 Å². The Morgan fingerprint density at radius 3 is 3.05 bits per heavy atom. The van der Waals surface area contributed by atoms with Crippen LogP contribution in [0.15, 0.2) is 29.4 Å². The van der Waals surface area contributed by atoms with Gasteiger partial charge in [0.1, 0.15) is 6.54 Å². The molecule has 1 heterocycles. The summed E-state index contributed by atoms with van der Waals surface area (Å²) in [5.74, 6) is -0.483. The zero-order chi connectivity index (χ0) is 15.2. The zero-order valence-electron chi connectivity index (χ0n) is 10.6. The SMILES string of the molecule is Nc1nnnn1CC(=O)N/N=C/c1cccc([N+](=O)[O-])c1. The monoisotopic (exact) mass is 290 g/mol. The van der Waals surface area contributed by atoms with E-state index in [1.54, 1.807) is 6.07 Å². The molecule has 0 aliphatic carbocycles. The smallest absolute Gasteiger partial charge is 0.270 e. The lowest BCUT2D eigenvalue weighted by atomic mass is 10.2. The lowest BCUT2D eigenvalue weighted by Gasteiger charge is -2.00. The van der Waals surface area contributed by atoms with E-state index in [0.29, 0.717) is 5.56 Å². The molecule has 0 fully saturated rings. The van der Waals surface area contributed by atoms with Gasteiger partial charge in [-0.3, -0.25) is 14.9 Å². The van der Waals surface area contributed by atoms with Crippen molar-refractivity contribution in [1.29, 1.82) is 0 Å². The van der Waals surface area contributed by atoms with Gasteiger partial charge in [0.25, 0.3) is 11.6 Å². The molecule has 1 aromatic heterocycles. The van der Waals surface area contributed by atoms with Gasteiger partial charge < -0.3 is 5.73 Å². The van der Waals surface area contributed by atoms with Gasteiger partial charge in [0.2, 0.25) is 5.95 Å². The van der Waals surface area contributed by atoms with Crippen molar-refractivity contribution in [2.24, 2.45) is 5.10 Å². The molecule has 11 heteroatoms. The second-order valence-corrected chi connectivity index (χ2v) is 3.84. The number of amides is 1. The molecular weight excluding hydrogens is 280 g/mol. The van der Waals surface area contributed by atoms with E-state index < -0.39 is 10.8 Å². The molecule has 2 rings (SSSR count). The predicted molar refractivity (Wildman–Crippen MR) is 71.1 cm³/mol. The van der Waals surface area contributed by atoms with Crippen molar-refractivity contribution in [3.8, 4) is 0 Å². The van der Waals surface area contributed by atoms with Crippen LogP contribution in [-0.4, -0.2) is 37.3 Å². The summed E-state index contributed by atoms with van der Waals surface area (Å²) < 4.78 is 1.10. The second-order valence-electron chi connectivity index (χ2n) is 3.84. The molecule has 108 valence electrons. The normalized spacial score (nSPS) is 10.7. The van der Waals surface area contributed by atoms with Crippen LogP contribution in [0.4, 0.5) is 11.6 Å². The topological polar surface area (TPSA) is 154 Å². The number of hydrazone groups is 1. The van der Waals surface area contributed by atoms with Crippen molar-refractivity contribution in [3.63, 3.8) is 0 Å². The number of anilines is 1. The van der Waals surface area contributed by atoms with Gasteiger partial charge in [-0.15, -0.1) is 0 Å². The summed E-state index contributed by atoms with van der Waals surface area (Å²) in [6.07, 6.45) is 1.29. The largest absolute Gasteiger partial charge is 0.367 e. The van der Waals surface area contributed by atoms with Crippen LogP contribution in [0.3, 0.4) is 0 Å². The summed E-state index contributed by atoms with van der Waals surface area (Å²) in [7, 11) is 0. The van der Waals surface area contributed by atoms with Crippen molar-refractivity contribution in [2.45, 2.75) is 6.54 Å². The van der Waals surface area contributed by atoms with Crippen molar-refractivity contribution in [1.82, 2.24) is 25.6 Å². The van der Waals surface area contributed by atoms with E-state index in [1.807, 2.05) is 0 Å². The molecule has 0 aliphatic rings. The lowest BCUT2D eigenvalue weighted by molar-refractivity contribution is -0.384. The van der Waals surface area contributed by atoms with Gasteiger partial charge in [-0.05, 0) is 10.4 Å². The number of nitrogens with two attached hydrogens (primary N) is 1. The van der Waals surface area contributed by atoms with E-state index in [1.165, 1.54) is 24.4 Å². The Balaban J connectivity index is 1.93. The fraction of sp³-hybridized carbons (Fsp3) is 0.100. The maximum Gasteiger partial charge on any atom is 0.270 e. The van der Waals surface area contributed by atoms with Crippen LogP contribution in [0.5, 0.6) is 0 Å². The molecule has 3 N–H and O–H groups in total. The number of rotatable bonds is 5. The highest BCUT2D eigenvalue weighted by Gasteiger charge is 2.07. The molecule has 11 nitrogen and oxygen atoms in total. The number of carbonyl (C=O) groups is 1. The highest BCUT2D eigenvalue weighted by atomic mass is 16.6. The first-order valence-electron chi connectivity index (χ1n) is 5.64. The molecule has 0 radical (unpaired) electrons. The molecule has 21 heavy (non-hydrogen) atoms. The molecule has 0 aliphatic heterocycles. The highest BCUT2D eigenvalue weighted by Crippen LogP contribution is 2.11. The molecule has 1 aromatic carbocycles. The second kappa shape index (κ2) is 6.18. The number of nitrogens with zero attached hydrogens (tertiary/aromatic N) is 6. The number of benzene rings is 1. The Kier molecular flexibility index (Phi) is 4.14. The first-order chi connectivity index (χ1) is 10.1. The molecular formula is C10H10N8O3. The van der Waals surface area contributed by atoms with Gasteiger partial charge >= 0.3 is 0 Å². The molecule has 0 saturated carbocycles. The van der Waals surface area contributed by atoms with Crippen LogP contribution in [0.25, 0.3) is 0 Å². The average molecular weight is 290 g/mol.